The number of hydrogen-bond acceptors (Lipinski definition) is 3. The van der Waals surface area contributed by atoms with Gasteiger partial charge in [0, 0.05) is 11.6 Å². The molecule has 76 valence electrons. The van der Waals surface area contributed by atoms with Crippen molar-refractivity contribution < 1.29 is 9.50 Å². The van der Waals surface area contributed by atoms with E-state index >= 15 is 0 Å². The lowest BCUT2D eigenvalue weighted by molar-refractivity contribution is 0.471. The Hall–Kier alpha value is -1.68. The van der Waals surface area contributed by atoms with Crippen LogP contribution in [0.3, 0.4) is 0 Å². The molecule has 15 heavy (non-hydrogen) atoms. The summed E-state index contributed by atoms with van der Waals surface area (Å²) in [6.07, 6.45) is 1.22. The average molecular weight is 225 g/mol. The van der Waals surface area contributed by atoms with Gasteiger partial charge in [-0.15, -0.1) is 0 Å². The van der Waals surface area contributed by atoms with Gasteiger partial charge in [0.25, 0.3) is 0 Å². The normalized spacial score (nSPS) is 10.3. The van der Waals surface area contributed by atoms with E-state index < -0.39 is 5.82 Å². The van der Waals surface area contributed by atoms with Gasteiger partial charge >= 0.3 is 0 Å². The predicted octanol–water partition coefficient (Wildman–Crippen LogP) is 2.64. The fourth-order valence-electron chi connectivity index (χ4n) is 1.15. The van der Waals surface area contributed by atoms with Crippen molar-refractivity contribution in [3.05, 3.63) is 41.3 Å². The Morgan fingerprint density at radius 3 is 2.73 bits per heavy atom. The minimum atomic E-state index is -0.492. The third-order valence-corrected chi connectivity index (χ3v) is 2.15. The quantitative estimate of drug-likeness (QED) is 0.810. The lowest BCUT2D eigenvalue weighted by Gasteiger charge is -2.01. The van der Waals surface area contributed by atoms with E-state index in [2.05, 4.69) is 10.2 Å². The average Bonchev–Trinajstić information content (AvgIpc) is 2.22. The second kappa shape index (κ2) is 3.82. The highest BCUT2D eigenvalue weighted by Crippen LogP contribution is 2.24. The summed E-state index contributed by atoms with van der Waals surface area (Å²) >= 11 is 5.62. The largest absolute Gasteiger partial charge is 0.506 e. The molecule has 2 rings (SSSR count). The molecule has 0 amide bonds. The van der Waals surface area contributed by atoms with Crippen LogP contribution in [0.15, 0.2) is 30.5 Å². The number of halogens is 2. The Labute approximate surface area is 90.2 Å². The van der Waals surface area contributed by atoms with E-state index in [1.807, 2.05) is 0 Å². The molecule has 0 bridgehead atoms. The first-order valence-electron chi connectivity index (χ1n) is 4.14. The monoisotopic (exact) mass is 224 g/mol. The fraction of sp³-hybridized carbons (Fsp3) is 0. The first kappa shape index (κ1) is 9.86. The maximum absolute atomic E-state index is 12.9. The van der Waals surface area contributed by atoms with Crippen LogP contribution in [-0.4, -0.2) is 15.3 Å². The summed E-state index contributed by atoms with van der Waals surface area (Å²) in [6.45, 7) is 0. The van der Waals surface area contributed by atoms with E-state index in [9.17, 15) is 9.50 Å². The first-order valence-corrected chi connectivity index (χ1v) is 4.52. The highest BCUT2D eigenvalue weighted by atomic mass is 35.5. The van der Waals surface area contributed by atoms with Crippen molar-refractivity contribution >= 4 is 11.6 Å². The number of benzene rings is 1. The van der Waals surface area contributed by atoms with Crippen molar-refractivity contribution in [3.63, 3.8) is 0 Å². The van der Waals surface area contributed by atoms with Gasteiger partial charge in [0.1, 0.15) is 11.6 Å². The molecule has 0 saturated heterocycles. The van der Waals surface area contributed by atoms with Crippen LogP contribution in [0, 0.1) is 5.82 Å². The highest BCUT2D eigenvalue weighted by molar-refractivity contribution is 6.31. The second-order valence-electron chi connectivity index (χ2n) is 2.93. The lowest BCUT2D eigenvalue weighted by Crippen LogP contribution is -1.87. The molecule has 0 radical (unpaired) electrons. The molecular weight excluding hydrogens is 219 g/mol. The van der Waals surface area contributed by atoms with Crippen LogP contribution < -0.4 is 0 Å². The van der Waals surface area contributed by atoms with Gasteiger partial charge in [-0.05, 0) is 18.2 Å². The summed E-state index contributed by atoms with van der Waals surface area (Å²) in [5, 5.41) is 16.6. The molecule has 1 N–H and O–H groups in total. The molecule has 0 atom stereocenters. The third-order valence-electron chi connectivity index (χ3n) is 1.86. The molecule has 0 spiro atoms. The van der Waals surface area contributed by atoms with Crippen LogP contribution >= 0.6 is 11.6 Å². The van der Waals surface area contributed by atoms with Crippen LogP contribution in [0.5, 0.6) is 5.75 Å². The maximum Gasteiger partial charge on any atom is 0.141 e. The second-order valence-corrected chi connectivity index (χ2v) is 3.34. The van der Waals surface area contributed by atoms with Crippen molar-refractivity contribution in [3.8, 4) is 17.0 Å². The molecule has 5 heteroatoms. The topological polar surface area (TPSA) is 46.0 Å². The van der Waals surface area contributed by atoms with Crippen LogP contribution in [-0.2, 0) is 0 Å². The summed E-state index contributed by atoms with van der Waals surface area (Å²) in [6, 6.07) is 5.62. The molecule has 0 fully saturated rings. The number of aromatic hydroxyl groups is 1. The van der Waals surface area contributed by atoms with Crippen LogP contribution in [0.1, 0.15) is 0 Å². The Kier molecular flexibility index (Phi) is 2.51. The SMILES string of the molecule is Oc1cnnc(-c2ccc(F)c(Cl)c2)c1. The van der Waals surface area contributed by atoms with Gasteiger partial charge in [-0.1, -0.05) is 11.6 Å². The minimum Gasteiger partial charge on any atom is -0.506 e. The summed E-state index contributed by atoms with van der Waals surface area (Å²) in [5.41, 5.74) is 1.04. The molecule has 0 aliphatic carbocycles. The van der Waals surface area contributed by atoms with Crippen molar-refractivity contribution in [2.24, 2.45) is 0 Å². The molecule has 0 unspecified atom stereocenters. The van der Waals surface area contributed by atoms with Gasteiger partial charge in [0.15, 0.2) is 0 Å². The van der Waals surface area contributed by atoms with Gasteiger partial charge in [0.2, 0.25) is 0 Å². The van der Waals surface area contributed by atoms with E-state index in [1.54, 1.807) is 0 Å². The minimum absolute atomic E-state index is 0.000414. The Balaban J connectivity index is 2.50. The molecule has 2 aromatic rings. The zero-order chi connectivity index (χ0) is 10.8. The van der Waals surface area contributed by atoms with Crippen LogP contribution in [0.4, 0.5) is 4.39 Å². The molecular formula is C10H6ClFN2O. The number of hydrogen-bond donors (Lipinski definition) is 1. The first-order chi connectivity index (χ1) is 7.16. The molecule has 0 saturated carbocycles. The van der Waals surface area contributed by atoms with Crippen molar-refractivity contribution in [1.82, 2.24) is 10.2 Å². The maximum atomic E-state index is 12.9. The van der Waals surface area contributed by atoms with Gasteiger partial charge in [-0.3, -0.25) is 0 Å². The van der Waals surface area contributed by atoms with E-state index in [-0.39, 0.29) is 10.8 Å². The molecule has 1 heterocycles. The highest BCUT2D eigenvalue weighted by Gasteiger charge is 2.05. The zero-order valence-corrected chi connectivity index (χ0v) is 8.24. The zero-order valence-electron chi connectivity index (χ0n) is 7.48. The Morgan fingerprint density at radius 1 is 1.27 bits per heavy atom. The third kappa shape index (κ3) is 2.05. The number of rotatable bonds is 1. The summed E-state index contributed by atoms with van der Waals surface area (Å²) in [5.74, 6) is -0.492. The van der Waals surface area contributed by atoms with Gasteiger partial charge < -0.3 is 5.11 Å². The Morgan fingerprint density at radius 2 is 2.07 bits per heavy atom. The van der Waals surface area contributed by atoms with E-state index in [0.717, 1.165) is 0 Å². The predicted molar refractivity (Wildman–Crippen MR) is 54.1 cm³/mol. The van der Waals surface area contributed by atoms with Crippen molar-refractivity contribution in [1.29, 1.82) is 0 Å². The standard InChI is InChI=1S/C10H6ClFN2O/c11-8-3-6(1-2-9(8)12)10-4-7(15)5-13-14-10/h1-5H,(H,14,15). The summed E-state index contributed by atoms with van der Waals surface area (Å²) in [7, 11) is 0. The van der Waals surface area contributed by atoms with Gasteiger partial charge in [-0.2, -0.15) is 10.2 Å². The molecule has 0 aliphatic rings. The summed E-state index contributed by atoms with van der Waals surface area (Å²) < 4.78 is 12.9. The van der Waals surface area contributed by atoms with Crippen molar-refractivity contribution in [2.45, 2.75) is 0 Å². The van der Waals surface area contributed by atoms with Gasteiger partial charge in [-0.25, -0.2) is 4.39 Å². The molecule has 0 aliphatic heterocycles. The molecule has 1 aromatic carbocycles. The van der Waals surface area contributed by atoms with E-state index in [4.69, 9.17) is 11.6 Å². The van der Waals surface area contributed by atoms with Crippen LogP contribution in [0.25, 0.3) is 11.3 Å². The van der Waals surface area contributed by atoms with Gasteiger partial charge in [0.05, 0.1) is 16.9 Å². The smallest absolute Gasteiger partial charge is 0.141 e. The summed E-state index contributed by atoms with van der Waals surface area (Å²) in [4.78, 5) is 0. The number of nitrogens with zero attached hydrogens (tertiary/aromatic N) is 2. The van der Waals surface area contributed by atoms with Crippen molar-refractivity contribution in [2.75, 3.05) is 0 Å². The van der Waals surface area contributed by atoms with E-state index in [1.165, 1.54) is 30.5 Å². The lowest BCUT2D eigenvalue weighted by atomic mass is 10.1. The Bertz CT molecular complexity index is 505. The van der Waals surface area contributed by atoms with Crippen LogP contribution in [0.2, 0.25) is 5.02 Å². The molecule has 3 nitrogen and oxygen atoms in total. The fourth-order valence-corrected chi connectivity index (χ4v) is 1.33. The van der Waals surface area contributed by atoms with E-state index in [0.29, 0.717) is 11.3 Å². The molecule has 1 aromatic heterocycles. The number of aromatic nitrogens is 2.